The highest BCUT2D eigenvalue weighted by atomic mass is 19.4. The van der Waals surface area contributed by atoms with Gasteiger partial charge in [0.2, 0.25) is 5.95 Å². The molecule has 0 amide bonds. The number of anilines is 1. The molecule has 1 unspecified atom stereocenters. The zero-order valence-corrected chi connectivity index (χ0v) is 14.8. The Morgan fingerprint density at radius 3 is 2.76 bits per heavy atom. The van der Waals surface area contributed by atoms with Crippen LogP contribution >= 0.6 is 0 Å². The molecule has 0 aliphatic carbocycles. The van der Waals surface area contributed by atoms with Gasteiger partial charge in [-0.3, -0.25) is 0 Å². The fraction of sp³-hybridized carbons (Fsp3) is 0.222. The molecule has 5 heterocycles. The number of alkyl halides is 3. The number of halogens is 3. The lowest BCUT2D eigenvalue weighted by molar-refractivity contribution is -0.274. The van der Waals surface area contributed by atoms with Crippen molar-refractivity contribution in [2.24, 2.45) is 0 Å². The third-order valence-electron chi connectivity index (χ3n) is 4.72. The maximum atomic E-state index is 12.8. The van der Waals surface area contributed by atoms with E-state index in [4.69, 9.17) is 0 Å². The maximum Gasteiger partial charge on any atom is 0.573 e. The van der Waals surface area contributed by atoms with Gasteiger partial charge in [0.25, 0.3) is 0 Å². The average Bonchev–Trinajstić information content (AvgIpc) is 3.34. The lowest BCUT2D eigenvalue weighted by atomic mass is 10.00. The summed E-state index contributed by atoms with van der Waals surface area (Å²) >= 11 is 0. The normalized spacial score (nSPS) is 16.8. The van der Waals surface area contributed by atoms with Crippen LogP contribution in [0.4, 0.5) is 19.1 Å². The summed E-state index contributed by atoms with van der Waals surface area (Å²) in [6.45, 7) is 0.601. The van der Waals surface area contributed by atoms with Crippen LogP contribution in [-0.4, -0.2) is 42.5 Å². The standard InChI is InChI=1S/C18H14F3N7O/c19-18(20,21)29-14-3-1-7-28-13(14)9-12(26-28)16-15-11(24-10-25-15)4-8-27(16)17-22-5-2-6-23-17/h1-3,5-7,9-10,16H,4,8H2,(H,24,25). The van der Waals surface area contributed by atoms with Crippen molar-refractivity contribution in [1.82, 2.24) is 29.5 Å². The van der Waals surface area contributed by atoms with Gasteiger partial charge >= 0.3 is 6.36 Å². The Labute approximate surface area is 162 Å². The SMILES string of the molecule is FC(F)(F)Oc1cccn2nc(C3c4nc[nH]c4CCN3c3ncccn3)cc12. The van der Waals surface area contributed by atoms with E-state index in [1.807, 2.05) is 4.90 Å². The van der Waals surface area contributed by atoms with Gasteiger partial charge in [-0.25, -0.2) is 19.5 Å². The molecule has 0 saturated heterocycles. The fourth-order valence-electron chi connectivity index (χ4n) is 3.58. The summed E-state index contributed by atoms with van der Waals surface area (Å²) in [6.07, 6.45) is 2.35. The highest BCUT2D eigenvalue weighted by Gasteiger charge is 2.36. The van der Waals surface area contributed by atoms with Crippen molar-refractivity contribution in [1.29, 1.82) is 0 Å². The van der Waals surface area contributed by atoms with Crippen LogP contribution in [0.25, 0.3) is 5.52 Å². The lowest BCUT2D eigenvalue weighted by Crippen LogP contribution is -2.37. The molecule has 0 saturated carbocycles. The van der Waals surface area contributed by atoms with Crippen LogP contribution in [0.3, 0.4) is 0 Å². The number of aromatic nitrogens is 6. The maximum absolute atomic E-state index is 12.8. The third kappa shape index (κ3) is 3.13. The second kappa shape index (κ2) is 6.47. The van der Waals surface area contributed by atoms with E-state index in [9.17, 15) is 13.2 Å². The molecule has 0 spiro atoms. The molecule has 1 aliphatic rings. The Morgan fingerprint density at radius 2 is 1.97 bits per heavy atom. The van der Waals surface area contributed by atoms with E-state index in [2.05, 4.69) is 29.8 Å². The van der Waals surface area contributed by atoms with Crippen LogP contribution in [0, 0.1) is 0 Å². The predicted molar refractivity (Wildman–Crippen MR) is 95.4 cm³/mol. The number of hydrogen-bond donors (Lipinski definition) is 1. The number of nitrogens with one attached hydrogen (secondary N) is 1. The molecule has 4 aromatic heterocycles. The smallest absolute Gasteiger partial charge is 0.403 e. The van der Waals surface area contributed by atoms with Gasteiger partial charge in [-0.15, -0.1) is 13.2 Å². The lowest BCUT2D eigenvalue weighted by Gasteiger charge is -2.33. The largest absolute Gasteiger partial charge is 0.573 e. The zero-order chi connectivity index (χ0) is 20.0. The number of aromatic amines is 1. The van der Waals surface area contributed by atoms with E-state index in [1.165, 1.54) is 16.6 Å². The van der Waals surface area contributed by atoms with Gasteiger partial charge in [-0.2, -0.15) is 5.10 Å². The summed E-state index contributed by atoms with van der Waals surface area (Å²) in [5, 5.41) is 4.50. The number of hydrogen-bond acceptors (Lipinski definition) is 6. The molecule has 0 aromatic carbocycles. The van der Waals surface area contributed by atoms with Gasteiger partial charge < -0.3 is 14.6 Å². The predicted octanol–water partition coefficient (Wildman–Crippen LogP) is 2.90. The van der Waals surface area contributed by atoms with E-state index < -0.39 is 12.4 Å². The first-order chi connectivity index (χ1) is 14.0. The summed E-state index contributed by atoms with van der Waals surface area (Å²) in [4.78, 5) is 18.1. The molecular formula is C18H14F3N7O. The molecule has 1 atom stereocenters. The van der Waals surface area contributed by atoms with Crippen molar-refractivity contribution in [3.63, 3.8) is 0 Å². The molecule has 1 aliphatic heterocycles. The first kappa shape index (κ1) is 17.5. The first-order valence-electron chi connectivity index (χ1n) is 8.79. The second-order valence-electron chi connectivity index (χ2n) is 6.48. The Hall–Kier alpha value is -3.63. The Balaban J connectivity index is 1.64. The summed E-state index contributed by atoms with van der Waals surface area (Å²) in [6, 6.07) is 5.54. The molecule has 11 heteroatoms. The first-order valence-corrected chi connectivity index (χ1v) is 8.79. The number of imidazole rings is 1. The highest BCUT2D eigenvalue weighted by molar-refractivity contribution is 5.61. The van der Waals surface area contributed by atoms with Crippen molar-refractivity contribution >= 4 is 11.5 Å². The molecule has 0 fully saturated rings. The van der Waals surface area contributed by atoms with Crippen LogP contribution in [0.5, 0.6) is 5.75 Å². The molecule has 148 valence electrons. The molecule has 1 N–H and O–H groups in total. The monoisotopic (exact) mass is 401 g/mol. The number of rotatable bonds is 3. The molecular weight excluding hydrogens is 387 g/mol. The Bertz CT molecular complexity index is 1160. The van der Waals surface area contributed by atoms with Crippen LogP contribution in [0.1, 0.15) is 23.1 Å². The van der Waals surface area contributed by atoms with Gasteiger partial charge in [0, 0.05) is 37.3 Å². The zero-order valence-electron chi connectivity index (χ0n) is 14.8. The molecule has 5 rings (SSSR count). The number of pyridine rings is 1. The fourth-order valence-corrected chi connectivity index (χ4v) is 3.58. The molecule has 8 nitrogen and oxygen atoms in total. The van der Waals surface area contributed by atoms with Crippen LogP contribution < -0.4 is 9.64 Å². The topological polar surface area (TPSA) is 84.2 Å². The summed E-state index contributed by atoms with van der Waals surface area (Å²) in [5.74, 6) is 0.175. The second-order valence-corrected chi connectivity index (χ2v) is 6.48. The molecule has 0 bridgehead atoms. The van der Waals surface area contributed by atoms with Crippen molar-refractivity contribution in [3.8, 4) is 5.75 Å². The number of fused-ring (bicyclic) bond motifs is 2. The van der Waals surface area contributed by atoms with E-state index in [0.717, 1.165) is 11.4 Å². The van der Waals surface area contributed by atoms with Crippen molar-refractivity contribution in [2.75, 3.05) is 11.4 Å². The third-order valence-corrected chi connectivity index (χ3v) is 4.72. The van der Waals surface area contributed by atoms with Crippen molar-refractivity contribution in [2.45, 2.75) is 18.8 Å². The van der Waals surface area contributed by atoms with Crippen molar-refractivity contribution in [3.05, 3.63) is 66.3 Å². The van der Waals surface area contributed by atoms with Gasteiger partial charge in [-0.1, -0.05) is 0 Å². The summed E-state index contributed by atoms with van der Waals surface area (Å²) in [5.41, 5.74) is 2.41. The molecule has 29 heavy (non-hydrogen) atoms. The van der Waals surface area contributed by atoms with Crippen LogP contribution in [0.2, 0.25) is 0 Å². The van der Waals surface area contributed by atoms with Gasteiger partial charge in [0.15, 0.2) is 5.75 Å². The summed E-state index contributed by atoms with van der Waals surface area (Å²) in [7, 11) is 0. The van der Waals surface area contributed by atoms with Gasteiger partial charge in [0.1, 0.15) is 11.6 Å². The van der Waals surface area contributed by atoms with Crippen LogP contribution in [0.15, 0.2) is 49.2 Å². The minimum atomic E-state index is -4.80. The Kier molecular flexibility index (Phi) is 3.89. The Morgan fingerprint density at radius 1 is 1.14 bits per heavy atom. The average molecular weight is 401 g/mol. The molecule has 4 aromatic rings. The number of H-pyrrole nitrogens is 1. The van der Waals surface area contributed by atoms with E-state index >= 15 is 0 Å². The summed E-state index contributed by atoms with van der Waals surface area (Å²) < 4.78 is 43.9. The number of nitrogens with zero attached hydrogens (tertiary/aromatic N) is 6. The minimum Gasteiger partial charge on any atom is -0.403 e. The minimum absolute atomic E-state index is 0.205. The van der Waals surface area contributed by atoms with Crippen molar-refractivity contribution < 1.29 is 17.9 Å². The van der Waals surface area contributed by atoms with Crippen LogP contribution in [-0.2, 0) is 6.42 Å². The quantitative estimate of drug-likeness (QED) is 0.568. The van der Waals surface area contributed by atoms with E-state index in [0.29, 0.717) is 24.6 Å². The van der Waals surface area contributed by atoms with E-state index in [1.54, 1.807) is 37.1 Å². The van der Waals surface area contributed by atoms with Gasteiger partial charge in [0.05, 0.1) is 17.7 Å². The highest BCUT2D eigenvalue weighted by Crippen LogP contribution is 2.36. The number of ether oxygens (including phenoxy) is 1. The van der Waals surface area contributed by atoms with E-state index in [-0.39, 0.29) is 11.3 Å². The van der Waals surface area contributed by atoms with Gasteiger partial charge in [-0.05, 0) is 24.3 Å². The molecule has 0 radical (unpaired) electrons.